The predicted molar refractivity (Wildman–Crippen MR) is 63.9 cm³/mol. The van der Waals surface area contributed by atoms with Crippen molar-refractivity contribution in [1.82, 2.24) is 0 Å². The van der Waals surface area contributed by atoms with Gasteiger partial charge in [0.1, 0.15) is 0 Å². The van der Waals surface area contributed by atoms with Crippen LogP contribution in [-0.4, -0.2) is 22.4 Å². The molecule has 82 valence electrons. The lowest BCUT2D eigenvalue weighted by molar-refractivity contribution is 0.221. The Morgan fingerprint density at radius 2 is 1.25 bits per heavy atom. The van der Waals surface area contributed by atoms with E-state index in [2.05, 4.69) is 12.1 Å². The van der Waals surface area contributed by atoms with E-state index in [1.807, 2.05) is 24.3 Å². The standard InChI is InChI=1S/C14H14O2/c15-13-3-1-9-5-12-8-14(16)4-2-10(12)6-11(9)7-13/h1-6,13-16H,7-8H2. The van der Waals surface area contributed by atoms with Crippen LogP contribution in [0.2, 0.25) is 0 Å². The first kappa shape index (κ1) is 9.82. The molecule has 0 bridgehead atoms. The average molecular weight is 214 g/mol. The first-order chi connectivity index (χ1) is 7.72. The van der Waals surface area contributed by atoms with Gasteiger partial charge in [0.25, 0.3) is 0 Å². The minimum absolute atomic E-state index is 0.358. The molecule has 0 saturated heterocycles. The van der Waals surface area contributed by atoms with E-state index in [1.54, 1.807) is 0 Å². The lowest BCUT2D eigenvalue weighted by atomic mass is 9.87. The summed E-state index contributed by atoms with van der Waals surface area (Å²) in [4.78, 5) is 0. The Hall–Kier alpha value is -1.38. The number of benzene rings is 1. The zero-order valence-electron chi connectivity index (χ0n) is 8.93. The van der Waals surface area contributed by atoms with Gasteiger partial charge in [-0.3, -0.25) is 0 Å². The highest BCUT2D eigenvalue weighted by Crippen LogP contribution is 2.27. The molecule has 2 atom stereocenters. The van der Waals surface area contributed by atoms with Gasteiger partial charge in [-0.15, -0.1) is 0 Å². The molecule has 2 aliphatic rings. The molecule has 2 N–H and O–H groups in total. The summed E-state index contributed by atoms with van der Waals surface area (Å²) in [5, 5.41) is 19.1. The number of fused-ring (bicyclic) bond motifs is 2. The van der Waals surface area contributed by atoms with E-state index in [-0.39, 0.29) is 12.2 Å². The second-order valence-corrected chi connectivity index (χ2v) is 4.51. The number of rotatable bonds is 0. The quantitative estimate of drug-likeness (QED) is 0.688. The van der Waals surface area contributed by atoms with Crippen molar-refractivity contribution in [3.63, 3.8) is 0 Å². The molecule has 16 heavy (non-hydrogen) atoms. The van der Waals surface area contributed by atoms with Crippen LogP contribution in [0.15, 0.2) is 24.3 Å². The summed E-state index contributed by atoms with van der Waals surface area (Å²) in [6, 6.07) is 4.25. The molecule has 0 radical (unpaired) electrons. The molecular formula is C14H14O2. The smallest absolute Gasteiger partial charge is 0.0764 e. The van der Waals surface area contributed by atoms with Gasteiger partial charge < -0.3 is 10.2 Å². The van der Waals surface area contributed by atoms with Gasteiger partial charge in [-0.05, 0) is 22.3 Å². The Balaban J connectivity index is 2.09. The largest absolute Gasteiger partial charge is 0.389 e. The van der Waals surface area contributed by atoms with Crippen LogP contribution >= 0.6 is 0 Å². The summed E-state index contributed by atoms with van der Waals surface area (Å²) in [5.41, 5.74) is 4.72. The van der Waals surface area contributed by atoms with Gasteiger partial charge in [0.05, 0.1) is 12.2 Å². The summed E-state index contributed by atoms with van der Waals surface area (Å²) >= 11 is 0. The highest BCUT2D eigenvalue weighted by molar-refractivity contribution is 5.66. The first-order valence-electron chi connectivity index (χ1n) is 5.61. The molecular weight excluding hydrogens is 200 g/mol. The topological polar surface area (TPSA) is 40.5 Å². The fourth-order valence-electron chi connectivity index (χ4n) is 2.41. The molecule has 0 spiro atoms. The first-order valence-corrected chi connectivity index (χ1v) is 5.61. The number of aliphatic hydroxyl groups excluding tert-OH is 2. The Morgan fingerprint density at radius 3 is 1.69 bits per heavy atom. The lowest BCUT2D eigenvalue weighted by Crippen LogP contribution is -2.15. The van der Waals surface area contributed by atoms with Crippen LogP contribution in [0.1, 0.15) is 22.3 Å². The van der Waals surface area contributed by atoms with Crippen LogP contribution in [0.3, 0.4) is 0 Å². The van der Waals surface area contributed by atoms with Crippen LogP contribution in [0, 0.1) is 0 Å². The zero-order valence-corrected chi connectivity index (χ0v) is 8.93. The van der Waals surface area contributed by atoms with E-state index in [0.717, 1.165) is 0 Å². The van der Waals surface area contributed by atoms with Crippen molar-refractivity contribution in [1.29, 1.82) is 0 Å². The summed E-state index contributed by atoms with van der Waals surface area (Å²) in [7, 11) is 0. The molecule has 0 aliphatic heterocycles. The fourth-order valence-corrected chi connectivity index (χ4v) is 2.41. The van der Waals surface area contributed by atoms with E-state index in [1.165, 1.54) is 22.3 Å². The van der Waals surface area contributed by atoms with E-state index in [0.29, 0.717) is 12.8 Å². The van der Waals surface area contributed by atoms with Gasteiger partial charge in [0, 0.05) is 12.8 Å². The third-order valence-corrected chi connectivity index (χ3v) is 3.26. The lowest BCUT2D eigenvalue weighted by Gasteiger charge is -2.21. The minimum Gasteiger partial charge on any atom is -0.389 e. The van der Waals surface area contributed by atoms with Crippen LogP contribution in [-0.2, 0) is 12.8 Å². The summed E-state index contributed by atoms with van der Waals surface area (Å²) < 4.78 is 0. The summed E-state index contributed by atoms with van der Waals surface area (Å²) in [6.45, 7) is 0. The second kappa shape index (κ2) is 3.58. The van der Waals surface area contributed by atoms with E-state index in [4.69, 9.17) is 0 Å². The Kier molecular flexibility index (Phi) is 2.20. The maximum atomic E-state index is 9.56. The molecule has 0 heterocycles. The molecule has 0 amide bonds. The third kappa shape index (κ3) is 1.60. The minimum atomic E-state index is -0.358. The average Bonchev–Trinajstić information content (AvgIpc) is 2.26. The molecule has 0 fully saturated rings. The molecule has 1 aromatic rings. The van der Waals surface area contributed by atoms with Gasteiger partial charge in [0.15, 0.2) is 0 Å². The van der Waals surface area contributed by atoms with Crippen molar-refractivity contribution >= 4 is 12.2 Å². The molecule has 0 aromatic heterocycles. The van der Waals surface area contributed by atoms with Crippen LogP contribution in [0.4, 0.5) is 0 Å². The Morgan fingerprint density at radius 1 is 0.812 bits per heavy atom. The van der Waals surface area contributed by atoms with Crippen LogP contribution in [0.25, 0.3) is 12.2 Å². The normalized spacial score (nSPS) is 26.4. The molecule has 2 unspecified atom stereocenters. The molecule has 3 rings (SSSR count). The second-order valence-electron chi connectivity index (χ2n) is 4.51. The van der Waals surface area contributed by atoms with Crippen molar-refractivity contribution < 1.29 is 10.2 Å². The van der Waals surface area contributed by atoms with E-state index in [9.17, 15) is 10.2 Å². The maximum absolute atomic E-state index is 9.56. The van der Waals surface area contributed by atoms with E-state index >= 15 is 0 Å². The molecule has 2 aliphatic carbocycles. The monoisotopic (exact) mass is 214 g/mol. The highest BCUT2D eigenvalue weighted by Gasteiger charge is 2.17. The van der Waals surface area contributed by atoms with Gasteiger partial charge in [-0.1, -0.05) is 36.4 Å². The van der Waals surface area contributed by atoms with E-state index < -0.39 is 0 Å². The maximum Gasteiger partial charge on any atom is 0.0764 e. The summed E-state index contributed by atoms with van der Waals surface area (Å²) in [5.74, 6) is 0. The summed E-state index contributed by atoms with van der Waals surface area (Å²) in [6.07, 6.45) is 8.24. The van der Waals surface area contributed by atoms with Crippen molar-refractivity contribution in [2.45, 2.75) is 25.0 Å². The number of hydrogen-bond donors (Lipinski definition) is 2. The molecule has 2 heteroatoms. The van der Waals surface area contributed by atoms with Crippen molar-refractivity contribution in [3.05, 3.63) is 46.5 Å². The Bertz CT molecular complexity index is 440. The van der Waals surface area contributed by atoms with Gasteiger partial charge in [-0.2, -0.15) is 0 Å². The molecule has 1 aromatic carbocycles. The highest BCUT2D eigenvalue weighted by atomic mass is 16.3. The number of hydrogen-bond acceptors (Lipinski definition) is 2. The SMILES string of the molecule is OC1C=Cc2cc3c(cc2C1)C=CC(O)C3. The predicted octanol–water partition coefficient (Wildman–Crippen LogP) is 1.55. The van der Waals surface area contributed by atoms with Crippen LogP contribution in [0.5, 0.6) is 0 Å². The van der Waals surface area contributed by atoms with Crippen molar-refractivity contribution in [2.24, 2.45) is 0 Å². The molecule has 2 nitrogen and oxygen atoms in total. The van der Waals surface area contributed by atoms with Gasteiger partial charge >= 0.3 is 0 Å². The molecule has 0 saturated carbocycles. The van der Waals surface area contributed by atoms with Crippen molar-refractivity contribution in [2.75, 3.05) is 0 Å². The fraction of sp³-hybridized carbons (Fsp3) is 0.286. The van der Waals surface area contributed by atoms with Gasteiger partial charge in [-0.25, -0.2) is 0 Å². The third-order valence-electron chi connectivity index (χ3n) is 3.26. The zero-order chi connectivity index (χ0) is 11.1. The van der Waals surface area contributed by atoms with Crippen LogP contribution < -0.4 is 0 Å². The van der Waals surface area contributed by atoms with Crippen molar-refractivity contribution in [3.8, 4) is 0 Å². The Labute approximate surface area is 94.5 Å². The van der Waals surface area contributed by atoms with Gasteiger partial charge in [0.2, 0.25) is 0 Å². The number of aliphatic hydroxyl groups is 2.